The molecule has 0 saturated heterocycles. The van der Waals surface area contributed by atoms with E-state index in [1.165, 1.54) is 0 Å². The number of halogens is 1. The van der Waals surface area contributed by atoms with Crippen LogP contribution in [0.15, 0.2) is 71.7 Å². The van der Waals surface area contributed by atoms with Crippen LogP contribution in [0.3, 0.4) is 0 Å². The van der Waals surface area contributed by atoms with Gasteiger partial charge >= 0.3 is 31.5 Å². The quantitative estimate of drug-likeness (QED) is 0.346. The molecule has 0 aliphatic heterocycles. The topological polar surface area (TPSA) is 32.6 Å². The van der Waals surface area contributed by atoms with Gasteiger partial charge in [-0.25, -0.2) is 0 Å². The molecule has 110 valence electrons. The molecule has 3 rings (SSSR count). The first-order valence-corrected chi connectivity index (χ1v) is 10.2. The number of nitrogens with zero attached hydrogens (tertiary/aromatic N) is 1. The predicted molar refractivity (Wildman–Crippen MR) is 94.6 cm³/mol. The van der Waals surface area contributed by atoms with Gasteiger partial charge in [-0.2, -0.15) is 0 Å². The Bertz CT molecular complexity index is 744. The standard InChI is InChI=1S/C17H13NO.CH3.BrH.Ti/c19-17-11-10-13-6-4-5-9-15(13)16(17)12-18-14-7-2-1-3-8-14;;;/h1-12,19H;1H3;1H;/q;-1;;+2/p-1. The van der Waals surface area contributed by atoms with Crippen molar-refractivity contribution < 1.29 is 23.4 Å². The third-order valence-corrected chi connectivity index (χ3v) is 3.05. The van der Waals surface area contributed by atoms with Crippen molar-refractivity contribution in [3.8, 4) is 5.75 Å². The van der Waals surface area contributed by atoms with E-state index in [0.29, 0.717) is 0 Å². The zero-order valence-electron chi connectivity index (χ0n) is 12.2. The van der Waals surface area contributed by atoms with Crippen molar-refractivity contribution >= 4 is 35.8 Å². The van der Waals surface area contributed by atoms with Gasteiger partial charge in [-0.05, 0) is 29.0 Å². The molecular weight excluding hydrogens is 374 g/mol. The number of phenols is 1. The molecule has 0 aromatic heterocycles. The fourth-order valence-electron chi connectivity index (χ4n) is 2.07. The van der Waals surface area contributed by atoms with Gasteiger partial charge in [-0.15, -0.1) is 0 Å². The number of hydrogen-bond donors (Lipinski definition) is 1. The Labute approximate surface area is 149 Å². The fraction of sp³-hybridized carbons (Fsp3) is 0. The summed E-state index contributed by atoms with van der Waals surface area (Å²) in [6.07, 6.45) is 1.72. The van der Waals surface area contributed by atoms with Gasteiger partial charge in [0, 0.05) is 11.8 Å². The van der Waals surface area contributed by atoms with E-state index in [1.807, 2.05) is 79.0 Å². The zero-order valence-corrected chi connectivity index (χ0v) is 15.3. The van der Waals surface area contributed by atoms with E-state index in [2.05, 4.69) is 18.2 Å². The number of para-hydroxylation sites is 1. The molecule has 0 spiro atoms. The molecule has 0 amide bonds. The maximum atomic E-state index is 10.00. The van der Waals surface area contributed by atoms with Gasteiger partial charge < -0.3 is 12.5 Å². The second-order valence-corrected chi connectivity index (χ2v) is 4.31. The average Bonchev–Trinajstić information content (AvgIpc) is 2.57. The van der Waals surface area contributed by atoms with E-state index >= 15 is 0 Å². The molecule has 2 nitrogen and oxygen atoms in total. The second kappa shape index (κ2) is 9.57. The van der Waals surface area contributed by atoms with Gasteiger partial charge in [0.25, 0.3) is 0 Å². The van der Waals surface area contributed by atoms with E-state index in [0.717, 1.165) is 22.0 Å². The molecule has 0 radical (unpaired) electrons. The molecule has 0 atom stereocenters. The van der Waals surface area contributed by atoms with E-state index < -0.39 is 0 Å². The van der Waals surface area contributed by atoms with Gasteiger partial charge in [-0.3, -0.25) is 4.99 Å². The summed E-state index contributed by atoms with van der Waals surface area (Å²) in [4.78, 5) is 4.40. The van der Waals surface area contributed by atoms with Crippen molar-refractivity contribution in [2.75, 3.05) is 0 Å². The third-order valence-electron chi connectivity index (χ3n) is 3.05. The molecule has 0 heterocycles. The summed E-state index contributed by atoms with van der Waals surface area (Å²) < 4.78 is 0. The van der Waals surface area contributed by atoms with Crippen molar-refractivity contribution in [1.29, 1.82) is 0 Å². The SMILES string of the molecule is Oc1ccc2ccccc2c1C=Nc1ccccc1.[CH3-].[Ti+][Br]. The Kier molecular flexibility index (Phi) is 8.11. The Morgan fingerprint density at radius 3 is 2.23 bits per heavy atom. The summed E-state index contributed by atoms with van der Waals surface area (Å²) in [6.45, 7) is 0. The summed E-state index contributed by atoms with van der Waals surface area (Å²) in [5.74, 6) is 0.249. The van der Waals surface area contributed by atoms with Gasteiger partial charge in [0.15, 0.2) is 0 Å². The molecule has 0 unspecified atom stereocenters. The number of aliphatic imine (C=N–C) groups is 1. The average molecular weight is 390 g/mol. The number of aromatic hydroxyl groups is 1. The van der Waals surface area contributed by atoms with Crippen LogP contribution in [-0.4, -0.2) is 11.3 Å². The molecule has 22 heavy (non-hydrogen) atoms. The number of hydrogen-bond acceptors (Lipinski definition) is 2. The molecule has 0 fully saturated rings. The molecule has 1 N–H and O–H groups in total. The van der Waals surface area contributed by atoms with E-state index in [1.54, 1.807) is 12.3 Å². The number of fused-ring (bicyclic) bond motifs is 1. The maximum absolute atomic E-state index is 10.00. The predicted octanol–water partition coefficient (Wildman–Crippen LogP) is 5.59. The van der Waals surface area contributed by atoms with Crippen molar-refractivity contribution in [2.24, 2.45) is 4.99 Å². The van der Waals surface area contributed by atoms with Crippen molar-refractivity contribution in [3.05, 3.63) is 79.7 Å². The van der Waals surface area contributed by atoms with Crippen LogP contribution in [0, 0.1) is 7.43 Å². The first-order chi connectivity index (χ1) is 10.3. The van der Waals surface area contributed by atoms with Crippen molar-refractivity contribution in [1.82, 2.24) is 0 Å². The first-order valence-electron chi connectivity index (χ1n) is 6.33. The molecule has 4 heteroatoms. The van der Waals surface area contributed by atoms with E-state index in [-0.39, 0.29) is 13.2 Å². The first kappa shape index (κ1) is 18.6. The van der Waals surface area contributed by atoms with Crippen molar-refractivity contribution in [3.63, 3.8) is 0 Å². The molecule has 3 aromatic carbocycles. The van der Waals surface area contributed by atoms with Crippen LogP contribution in [-0.2, 0) is 18.3 Å². The van der Waals surface area contributed by atoms with Gasteiger partial charge in [0.1, 0.15) is 5.75 Å². The second-order valence-electron chi connectivity index (χ2n) is 4.31. The third kappa shape index (κ3) is 4.54. The summed E-state index contributed by atoms with van der Waals surface area (Å²) >= 11 is 4.75. The number of benzene rings is 3. The van der Waals surface area contributed by atoms with Crippen LogP contribution in [0.4, 0.5) is 5.69 Å². The van der Waals surface area contributed by atoms with E-state index in [4.69, 9.17) is 0 Å². The Balaban J connectivity index is 0.000000775. The Morgan fingerprint density at radius 2 is 1.50 bits per heavy atom. The summed E-state index contributed by atoms with van der Waals surface area (Å²) in [7, 11) is 0. The molecule has 0 bridgehead atoms. The number of phenolic OH excluding ortho intramolecular Hbond substituents is 1. The Hall–Kier alpha value is -1.42. The zero-order chi connectivity index (χ0) is 15.1. The van der Waals surface area contributed by atoms with Crippen LogP contribution in [0.2, 0.25) is 0 Å². The summed E-state index contributed by atoms with van der Waals surface area (Å²) in [5, 5.41) is 12.1. The Morgan fingerprint density at radius 1 is 0.864 bits per heavy atom. The fourth-order valence-corrected chi connectivity index (χ4v) is 2.07. The van der Waals surface area contributed by atoms with Crippen LogP contribution in [0.5, 0.6) is 5.75 Å². The van der Waals surface area contributed by atoms with Crippen molar-refractivity contribution in [2.45, 2.75) is 0 Å². The number of rotatable bonds is 2. The van der Waals surface area contributed by atoms with Gasteiger partial charge in [0.2, 0.25) is 0 Å². The van der Waals surface area contributed by atoms with E-state index in [9.17, 15) is 5.11 Å². The molecule has 0 saturated carbocycles. The molecule has 3 aromatic rings. The monoisotopic (exact) mass is 389 g/mol. The van der Waals surface area contributed by atoms with Gasteiger partial charge in [0.05, 0.1) is 5.69 Å². The minimum absolute atomic E-state index is 0. The normalized spacial score (nSPS) is 9.82. The van der Waals surface area contributed by atoms with Crippen LogP contribution in [0.25, 0.3) is 10.8 Å². The minimum atomic E-state index is 0. The summed E-state index contributed by atoms with van der Waals surface area (Å²) in [6, 6.07) is 21.3. The summed E-state index contributed by atoms with van der Waals surface area (Å²) in [5.41, 5.74) is 1.62. The van der Waals surface area contributed by atoms with Crippen LogP contribution >= 0.6 is 13.2 Å². The molecular formula is C18H16BrNOTi. The van der Waals surface area contributed by atoms with Crippen LogP contribution < -0.4 is 0 Å². The van der Waals surface area contributed by atoms with Gasteiger partial charge in [-0.1, -0.05) is 48.5 Å². The van der Waals surface area contributed by atoms with Crippen LogP contribution in [0.1, 0.15) is 5.56 Å². The molecule has 0 aliphatic rings. The molecule has 0 aliphatic carbocycles.